The van der Waals surface area contributed by atoms with Crippen molar-refractivity contribution in [3.8, 4) is 5.75 Å². The van der Waals surface area contributed by atoms with E-state index in [2.05, 4.69) is 60.6 Å². The molecule has 1 N–H and O–H groups in total. The van der Waals surface area contributed by atoms with E-state index in [1.165, 1.54) is 5.56 Å². The second kappa shape index (κ2) is 5.04. The monoisotopic (exact) mass is 272 g/mol. The van der Waals surface area contributed by atoms with E-state index >= 15 is 0 Å². The molecule has 0 unspecified atom stereocenters. The van der Waals surface area contributed by atoms with Crippen LogP contribution in [0.1, 0.15) is 58.2 Å². The predicted octanol–water partition coefficient (Wildman–Crippen LogP) is 4.29. The Morgan fingerprint density at radius 1 is 0.824 bits per heavy atom. The zero-order valence-corrected chi connectivity index (χ0v) is 13.3. The van der Waals surface area contributed by atoms with Gasteiger partial charge < -0.3 is 5.11 Å². The van der Waals surface area contributed by atoms with Gasteiger partial charge in [0.15, 0.2) is 0 Å². The van der Waals surface area contributed by atoms with Gasteiger partial charge in [0.25, 0.3) is 0 Å². The Balaban J connectivity index is 0.00000256. The minimum absolute atomic E-state index is 0. The Morgan fingerprint density at radius 3 is 1.35 bits per heavy atom. The first kappa shape index (κ1) is 16.6. The fourth-order valence-corrected chi connectivity index (χ4v) is 1.92. The van der Waals surface area contributed by atoms with E-state index in [0.29, 0.717) is 5.75 Å². The molecule has 0 aliphatic carbocycles. The summed E-state index contributed by atoms with van der Waals surface area (Å²) in [5.74, 6) is 0.464. The SMILES string of the molecule is Cc1cc(C(C)(C)C)c(O)c(C(C)(C)C)c1.[Cr]. The first-order valence-electron chi connectivity index (χ1n) is 5.88. The maximum atomic E-state index is 10.4. The van der Waals surface area contributed by atoms with Gasteiger partial charge >= 0.3 is 0 Å². The maximum absolute atomic E-state index is 10.4. The number of aromatic hydroxyl groups is 1. The summed E-state index contributed by atoms with van der Waals surface area (Å²) in [5, 5.41) is 10.4. The molecule has 0 bridgehead atoms. The molecule has 0 amide bonds. The summed E-state index contributed by atoms with van der Waals surface area (Å²) in [4.78, 5) is 0. The molecule has 0 atom stereocenters. The van der Waals surface area contributed by atoms with E-state index in [9.17, 15) is 5.11 Å². The van der Waals surface area contributed by atoms with Gasteiger partial charge in [0.2, 0.25) is 0 Å². The molecule has 0 aliphatic heterocycles. The topological polar surface area (TPSA) is 20.2 Å². The summed E-state index contributed by atoms with van der Waals surface area (Å²) in [7, 11) is 0. The maximum Gasteiger partial charge on any atom is 0.123 e. The molecule has 2 heteroatoms. The molecule has 0 aliphatic rings. The van der Waals surface area contributed by atoms with Gasteiger partial charge in [0, 0.05) is 17.4 Å². The Labute approximate surface area is 116 Å². The van der Waals surface area contributed by atoms with Gasteiger partial charge in [-0.05, 0) is 28.9 Å². The first-order valence-corrected chi connectivity index (χ1v) is 5.88. The molecular formula is C15H24CrO. The van der Waals surface area contributed by atoms with Crippen LogP contribution < -0.4 is 0 Å². The van der Waals surface area contributed by atoms with Crippen molar-refractivity contribution in [2.45, 2.75) is 59.3 Å². The average Bonchev–Trinajstić information content (AvgIpc) is 2.04. The quantitative estimate of drug-likeness (QED) is 0.747. The third kappa shape index (κ3) is 3.76. The van der Waals surface area contributed by atoms with Crippen molar-refractivity contribution in [2.24, 2.45) is 0 Å². The molecule has 0 saturated heterocycles. The summed E-state index contributed by atoms with van der Waals surface area (Å²) in [6.45, 7) is 14.9. The minimum Gasteiger partial charge on any atom is -0.507 e. The molecule has 0 spiro atoms. The predicted molar refractivity (Wildman–Crippen MR) is 70.2 cm³/mol. The average molecular weight is 272 g/mol. The number of hydrogen-bond acceptors (Lipinski definition) is 1. The van der Waals surface area contributed by atoms with Crippen LogP contribution in [0.4, 0.5) is 0 Å². The van der Waals surface area contributed by atoms with Gasteiger partial charge in [0.1, 0.15) is 5.75 Å². The Bertz CT molecular complexity index is 359. The zero-order chi connectivity index (χ0) is 12.7. The molecule has 0 saturated carbocycles. The van der Waals surface area contributed by atoms with Gasteiger partial charge in [-0.15, -0.1) is 0 Å². The fourth-order valence-electron chi connectivity index (χ4n) is 1.92. The number of hydrogen-bond donors (Lipinski definition) is 1. The van der Waals surface area contributed by atoms with Crippen LogP contribution in [0.3, 0.4) is 0 Å². The van der Waals surface area contributed by atoms with Crippen LogP contribution in [0, 0.1) is 6.92 Å². The fraction of sp³-hybridized carbons (Fsp3) is 0.600. The summed E-state index contributed by atoms with van der Waals surface area (Å²) in [6, 6.07) is 4.18. The standard InChI is InChI=1S/C15H24O.Cr/c1-10-8-11(14(2,3)4)13(16)12(9-10)15(5,6)7;/h8-9,16H,1-7H3;. The van der Waals surface area contributed by atoms with Crippen LogP contribution >= 0.6 is 0 Å². The number of benzene rings is 1. The molecule has 0 heterocycles. The van der Waals surface area contributed by atoms with Crippen molar-refractivity contribution in [1.29, 1.82) is 0 Å². The number of phenols is 1. The van der Waals surface area contributed by atoms with Crippen molar-refractivity contribution in [3.63, 3.8) is 0 Å². The van der Waals surface area contributed by atoms with Gasteiger partial charge in [-0.3, -0.25) is 0 Å². The van der Waals surface area contributed by atoms with Crippen LogP contribution in [-0.2, 0) is 28.2 Å². The van der Waals surface area contributed by atoms with E-state index in [-0.39, 0.29) is 28.2 Å². The van der Waals surface area contributed by atoms with E-state index < -0.39 is 0 Å². The smallest absolute Gasteiger partial charge is 0.123 e. The van der Waals surface area contributed by atoms with E-state index in [4.69, 9.17) is 0 Å². The molecule has 0 aromatic heterocycles. The molecule has 0 fully saturated rings. The van der Waals surface area contributed by atoms with Crippen molar-refractivity contribution in [1.82, 2.24) is 0 Å². The number of rotatable bonds is 0. The van der Waals surface area contributed by atoms with Gasteiger partial charge in [-0.1, -0.05) is 59.2 Å². The molecular weight excluding hydrogens is 248 g/mol. The Morgan fingerprint density at radius 2 is 1.12 bits per heavy atom. The van der Waals surface area contributed by atoms with Crippen molar-refractivity contribution in [2.75, 3.05) is 0 Å². The van der Waals surface area contributed by atoms with Crippen LogP contribution in [0.15, 0.2) is 12.1 Å². The molecule has 1 aromatic carbocycles. The summed E-state index contributed by atoms with van der Waals surface area (Å²) in [5.41, 5.74) is 3.26. The Kier molecular flexibility index (Phi) is 4.91. The molecule has 17 heavy (non-hydrogen) atoms. The van der Waals surface area contributed by atoms with Crippen LogP contribution in [0.5, 0.6) is 5.75 Å². The molecule has 1 aromatic rings. The van der Waals surface area contributed by atoms with Crippen molar-refractivity contribution in [3.05, 3.63) is 28.8 Å². The van der Waals surface area contributed by atoms with Crippen LogP contribution in [-0.4, -0.2) is 5.11 Å². The second-order valence-corrected chi connectivity index (χ2v) is 6.71. The van der Waals surface area contributed by atoms with Crippen LogP contribution in [0.2, 0.25) is 0 Å². The number of aryl methyl sites for hydroxylation is 1. The van der Waals surface area contributed by atoms with E-state index in [1.807, 2.05) is 0 Å². The zero-order valence-electron chi connectivity index (χ0n) is 12.0. The van der Waals surface area contributed by atoms with Crippen LogP contribution in [0.25, 0.3) is 0 Å². The molecule has 1 rings (SSSR count). The number of phenolic OH excluding ortho intramolecular Hbond substituents is 1. The van der Waals surface area contributed by atoms with E-state index in [1.54, 1.807) is 0 Å². The normalized spacial score (nSPS) is 12.2. The third-order valence-electron chi connectivity index (χ3n) is 2.87. The second-order valence-electron chi connectivity index (χ2n) is 6.71. The summed E-state index contributed by atoms with van der Waals surface area (Å²) >= 11 is 0. The van der Waals surface area contributed by atoms with E-state index in [0.717, 1.165) is 11.1 Å². The minimum atomic E-state index is -0.0178. The first-order chi connectivity index (χ1) is 7.03. The molecule has 1 nitrogen and oxygen atoms in total. The Hall–Kier alpha value is -0.448. The largest absolute Gasteiger partial charge is 0.507 e. The van der Waals surface area contributed by atoms with Gasteiger partial charge in [-0.2, -0.15) is 0 Å². The summed E-state index contributed by atoms with van der Waals surface area (Å²) < 4.78 is 0. The van der Waals surface area contributed by atoms with Gasteiger partial charge in [0.05, 0.1) is 0 Å². The van der Waals surface area contributed by atoms with Crippen molar-refractivity contribution < 1.29 is 22.5 Å². The molecule has 0 radical (unpaired) electrons. The summed E-state index contributed by atoms with van der Waals surface area (Å²) in [6.07, 6.45) is 0. The third-order valence-corrected chi connectivity index (χ3v) is 2.87. The van der Waals surface area contributed by atoms with Gasteiger partial charge in [-0.25, -0.2) is 0 Å². The van der Waals surface area contributed by atoms with Crippen molar-refractivity contribution >= 4 is 0 Å². The molecule has 96 valence electrons.